The van der Waals surface area contributed by atoms with Gasteiger partial charge in [-0.05, 0) is 37.8 Å². The number of para-hydroxylation sites is 1. The fraction of sp³-hybridized carbons (Fsp3) is 0.471. The molecule has 0 radical (unpaired) electrons. The van der Waals surface area contributed by atoms with Crippen LogP contribution in [0.25, 0.3) is 0 Å². The highest BCUT2D eigenvalue weighted by Gasteiger charge is 2.20. The first-order valence-corrected chi connectivity index (χ1v) is 7.69. The summed E-state index contributed by atoms with van der Waals surface area (Å²) in [4.78, 5) is 0. The zero-order chi connectivity index (χ0) is 14.7. The Morgan fingerprint density at radius 2 is 2.29 bits per heavy atom. The number of aryl methyl sites for hydroxylation is 2. The van der Waals surface area contributed by atoms with Crippen LogP contribution >= 0.6 is 0 Å². The van der Waals surface area contributed by atoms with E-state index in [0.717, 1.165) is 38.3 Å². The van der Waals surface area contributed by atoms with Crippen LogP contribution < -0.4 is 10.1 Å². The number of benzene rings is 1. The molecule has 112 valence electrons. The summed E-state index contributed by atoms with van der Waals surface area (Å²) in [5.74, 6) is 1.07. The van der Waals surface area contributed by atoms with E-state index in [1.54, 1.807) is 0 Å². The Labute approximate surface area is 126 Å². The van der Waals surface area contributed by atoms with Crippen molar-refractivity contribution in [1.29, 1.82) is 0 Å². The molecule has 1 atom stereocenters. The number of hydrogen-bond acceptors (Lipinski definition) is 3. The van der Waals surface area contributed by atoms with E-state index in [9.17, 15) is 0 Å². The predicted molar refractivity (Wildman–Crippen MR) is 83.6 cm³/mol. The standard InChI is InChI=1S/C17H23N3O/c1-13-11-19-20(12-13)9-8-18-16-7-4-10-21-17-14(2)5-3-6-15(16)17/h3,5-6,11-12,16,18H,4,7-10H2,1-2H3. The van der Waals surface area contributed by atoms with Crippen molar-refractivity contribution in [2.75, 3.05) is 13.2 Å². The van der Waals surface area contributed by atoms with Crippen LogP contribution in [0.2, 0.25) is 0 Å². The summed E-state index contributed by atoms with van der Waals surface area (Å²) >= 11 is 0. The number of ether oxygens (including phenoxy) is 1. The zero-order valence-electron chi connectivity index (χ0n) is 12.8. The Kier molecular flexibility index (Phi) is 4.25. The molecule has 1 aromatic heterocycles. The third kappa shape index (κ3) is 3.27. The molecular formula is C17H23N3O. The van der Waals surface area contributed by atoms with Crippen molar-refractivity contribution in [3.05, 3.63) is 47.3 Å². The first-order chi connectivity index (χ1) is 10.2. The van der Waals surface area contributed by atoms with Gasteiger partial charge < -0.3 is 10.1 Å². The van der Waals surface area contributed by atoms with E-state index in [0.29, 0.717) is 6.04 Å². The number of nitrogens with one attached hydrogen (secondary N) is 1. The second kappa shape index (κ2) is 6.31. The lowest BCUT2D eigenvalue weighted by molar-refractivity contribution is 0.313. The van der Waals surface area contributed by atoms with E-state index in [1.165, 1.54) is 16.7 Å². The molecule has 1 aromatic carbocycles. The molecule has 1 aliphatic rings. The minimum Gasteiger partial charge on any atom is -0.493 e. The highest BCUT2D eigenvalue weighted by molar-refractivity contribution is 5.43. The molecule has 4 nitrogen and oxygen atoms in total. The summed E-state index contributed by atoms with van der Waals surface area (Å²) < 4.78 is 7.91. The summed E-state index contributed by atoms with van der Waals surface area (Å²) in [7, 11) is 0. The topological polar surface area (TPSA) is 39.1 Å². The van der Waals surface area contributed by atoms with Gasteiger partial charge in [-0.1, -0.05) is 18.2 Å². The molecule has 4 heteroatoms. The van der Waals surface area contributed by atoms with Crippen LogP contribution in [0.3, 0.4) is 0 Å². The van der Waals surface area contributed by atoms with Crippen LogP contribution in [0.1, 0.15) is 35.6 Å². The average molecular weight is 285 g/mol. The van der Waals surface area contributed by atoms with Crippen molar-refractivity contribution < 1.29 is 4.74 Å². The minimum absolute atomic E-state index is 0.374. The molecule has 0 bridgehead atoms. The van der Waals surface area contributed by atoms with Crippen LogP contribution in [0.5, 0.6) is 5.75 Å². The van der Waals surface area contributed by atoms with Gasteiger partial charge in [-0.3, -0.25) is 4.68 Å². The van der Waals surface area contributed by atoms with E-state index in [-0.39, 0.29) is 0 Å². The second-order valence-corrected chi connectivity index (χ2v) is 5.77. The summed E-state index contributed by atoms with van der Waals surface area (Å²) in [6.45, 7) is 6.81. The number of rotatable bonds is 4. The molecule has 2 aromatic rings. The van der Waals surface area contributed by atoms with Gasteiger partial charge in [-0.25, -0.2) is 0 Å². The van der Waals surface area contributed by atoms with Crippen molar-refractivity contribution >= 4 is 0 Å². The van der Waals surface area contributed by atoms with Crippen LogP contribution in [-0.2, 0) is 6.54 Å². The van der Waals surface area contributed by atoms with Gasteiger partial charge in [0.25, 0.3) is 0 Å². The van der Waals surface area contributed by atoms with Gasteiger partial charge in [0.15, 0.2) is 0 Å². The molecule has 3 rings (SSSR count). The molecule has 21 heavy (non-hydrogen) atoms. The van der Waals surface area contributed by atoms with Gasteiger partial charge in [0.1, 0.15) is 5.75 Å². The molecule has 0 saturated heterocycles. The van der Waals surface area contributed by atoms with Crippen molar-refractivity contribution in [1.82, 2.24) is 15.1 Å². The maximum absolute atomic E-state index is 5.92. The molecule has 0 saturated carbocycles. The molecule has 0 spiro atoms. The molecule has 0 amide bonds. The van der Waals surface area contributed by atoms with E-state index in [1.807, 2.05) is 10.9 Å². The molecule has 2 heterocycles. The molecular weight excluding hydrogens is 262 g/mol. The predicted octanol–water partition coefficient (Wildman–Crippen LogP) is 3.00. The lowest BCUT2D eigenvalue weighted by Gasteiger charge is -2.19. The van der Waals surface area contributed by atoms with Crippen LogP contribution in [0, 0.1) is 13.8 Å². The maximum atomic E-state index is 5.92. The summed E-state index contributed by atoms with van der Waals surface area (Å²) in [5.41, 5.74) is 3.73. The highest BCUT2D eigenvalue weighted by Crippen LogP contribution is 2.33. The third-order valence-electron chi connectivity index (χ3n) is 4.00. The Morgan fingerprint density at radius 3 is 3.10 bits per heavy atom. The van der Waals surface area contributed by atoms with Gasteiger partial charge in [0.05, 0.1) is 19.3 Å². The summed E-state index contributed by atoms with van der Waals surface area (Å²) in [6, 6.07) is 6.80. The second-order valence-electron chi connectivity index (χ2n) is 5.77. The van der Waals surface area contributed by atoms with Crippen molar-refractivity contribution in [2.45, 2.75) is 39.3 Å². The van der Waals surface area contributed by atoms with Gasteiger partial charge >= 0.3 is 0 Å². The number of aromatic nitrogens is 2. The summed E-state index contributed by atoms with van der Waals surface area (Å²) in [6.07, 6.45) is 6.19. The monoisotopic (exact) mass is 285 g/mol. The smallest absolute Gasteiger partial charge is 0.126 e. The Bertz CT molecular complexity index is 606. The zero-order valence-corrected chi connectivity index (χ0v) is 12.8. The summed E-state index contributed by atoms with van der Waals surface area (Å²) in [5, 5.41) is 7.99. The fourth-order valence-corrected chi connectivity index (χ4v) is 2.92. The van der Waals surface area contributed by atoms with E-state index >= 15 is 0 Å². The van der Waals surface area contributed by atoms with E-state index in [4.69, 9.17) is 4.74 Å². The third-order valence-corrected chi connectivity index (χ3v) is 4.00. The van der Waals surface area contributed by atoms with Crippen molar-refractivity contribution in [3.63, 3.8) is 0 Å². The van der Waals surface area contributed by atoms with Gasteiger partial charge in [0, 0.05) is 24.3 Å². The Balaban J connectivity index is 1.66. The first-order valence-electron chi connectivity index (χ1n) is 7.69. The van der Waals surface area contributed by atoms with Gasteiger partial charge in [-0.15, -0.1) is 0 Å². The Morgan fingerprint density at radius 1 is 1.38 bits per heavy atom. The SMILES string of the molecule is Cc1cnn(CCNC2CCCOc3c(C)cccc32)c1. The van der Waals surface area contributed by atoms with Crippen molar-refractivity contribution in [2.24, 2.45) is 0 Å². The lowest BCUT2D eigenvalue weighted by atomic mass is 10.00. The van der Waals surface area contributed by atoms with Gasteiger partial charge in [-0.2, -0.15) is 5.10 Å². The van der Waals surface area contributed by atoms with Crippen LogP contribution in [0.15, 0.2) is 30.6 Å². The van der Waals surface area contributed by atoms with Crippen molar-refractivity contribution in [3.8, 4) is 5.75 Å². The maximum Gasteiger partial charge on any atom is 0.126 e. The fourth-order valence-electron chi connectivity index (χ4n) is 2.92. The lowest BCUT2D eigenvalue weighted by Crippen LogP contribution is -2.25. The largest absolute Gasteiger partial charge is 0.493 e. The van der Waals surface area contributed by atoms with E-state index < -0.39 is 0 Å². The minimum atomic E-state index is 0.374. The van der Waals surface area contributed by atoms with Crippen LogP contribution in [0.4, 0.5) is 0 Å². The highest BCUT2D eigenvalue weighted by atomic mass is 16.5. The van der Waals surface area contributed by atoms with Gasteiger partial charge in [0.2, 0.25) is 0 Å². The normalized spacial score (nSPS) is 17.9. The number of hydrogen-bond donors (Lipinski definition) is 1. The first kappa shape index (κ1) is 14.1. The molecule has 1 unspecified atom stereocenters. The molecule has 0 fully saturated rings. The molecule has 0 aliphatic carbocycles. The number of fused-ring (bicyclic) bond motifs is 1. The Hall–Kier alpha value is -1.81. The quantitative estimate of drug-likeness (QED) is 0.938. The molecule has 1 aliphatic heterocycles. The molecule has 1 N–H and O–H groups in total. The number of nitrogens with zero attached hydrogens (tertiary/aromatic N) is 2. The van der Waals surface area contributed by atoms with E-state index in [2.05, 4.69) is 48.7 Å². The average Bonchev–Trinajstić information content (AvgIpc) is 2.77. The van der Waals surface area contributed by atoms with Crippen LogP contribution in [-0.4, -0.2) is 22.9 Å².